The number of halogens is 1. The summed E-state index contributed by atoms with van der Waals surface area (Å²) in [6, 6.07) is 17.0. The average Bonchev–Trinajstić information content (AvgIpc) is 2.30. The van der Waals surface area contributed by atoms with Gasteiger partial charge in [-0.1, -0.05) is 46.3 Å². The molecule has 0 bridgehead atoms. The molecule has 0 amide bonds. The molecule has 0 spiro atoms. The summed E-state index contributed by atoms with van der Waals surface area (Å²) in [6.07, 6.45) is 0. The van der Waals surface area contributed by atoms with E-state index in [1.165, 1.54) is 0 Å². The molecule has 0 aromatic heterocycles. The van der Waals surface area contributed by atoms with Gasteiger partial charge in [-0.05, 0) is 17.7 Å². The number of rotatable bonds is 2. The Hall–Kier alpha value is -1.28. The van der Waals surface area contributed by atoms with Gasteiger partial charge < -0.3 is 4.74 Å². The zero-order valence-electron chi connectivity index (χ0n) is 8.33. The topological polar surface area (TPSA) is 9.23 Å². The largest absolute Gasteiger partial charge is 0.495 e. The first-order valence-corrected chi connectivity index (χ1v) is 5.41. The summed E-state index contributed by atoms with van der Waals surface area (Å²) in [4.78, 5) is 0. The molecule has 0 unspecified atom stereocenters. The Morgan fingerprint density at radius 2 is 1.87 bits per heavy atom. The molecular formula is C13H10BrO. The molecule has 2 aromatic rings. The van der Waals surface area contributed by atoms with Gasteiger partial charge in [-0.15, -0.1) is 0 Å². The van der Waals surface area contributed by atoms with Crippen LogP contribution < -0.4 is 4.74 Å². The van der Waals surface area contributed by atoms with Crippen LogP contribution in [0.25, 0.3) is 11.1 Å². The van der Waals surface area contributed by atoms with Crippen LogP contribution in [0.5, 0.6) is 5.75 Å². The molecule has 2 aromatic carbocycles. The zero-order chi connectivity index (χ0) is 10.7. The van der Waals surface area contributed by atoms with Crippen molar-refractivity contribution in [1.82, 2.24) is 0 Å². The summed E-state index contributed by atoms with van der Waals surface area (Å²) in [5.74, 6) is 0.778. The Labute approximate surface area is 97.8 Å². The molecule has 0 atom stereocenters. The van der Waals surface area contributed by atoms with Crippen LogP contribution in [-0.4, -0.2) is 7.11 Å². The van der Waals surface area contributed by atoms with Crippen LogP contribution in [0.4, 0.5) is 0 Å². The van der Waals surface area contributed by atoms with Gasteiger partial charge in [0, 0.05) is 16.1 Å². The summed E-state index contributed by atoms with van der Waals surface area (Å²) in [7, 11) is 1.66. The van der Waals surface area contributed by atoms with E-state index in [-0.39, 0.29) is 0 Å². The fraction of sp³-hybridized carbons (Fsp3) is 0.0769. The van der Waals surface area contributed by atoms with Gasteiger partial charge in [0.2, 0.25) is 0 Å². The molecule has 1 radical (unpaired) electrons. The zero-order valence-corrected chi connectivity index (χ0v) is 9.91. The van der Waals surface area contributed by atoms with Crippen molar-refractivity contribution in [3.8, 4) is 16.9 Å². The maximum absolute atomic E-state index is 5.26. The molecule has 0 saturated carbocycles. The van der Waals surface area contributed by atoms with Crippen molar-refractivity contribution in [1.29, 1.82) is 0 Å². The molecule has 2 rings (SSSR count). The van der Waals surface area contributed by atoms with Crippen molar-refractivity contribution in [2.24, 2.45) is 0 Å². The van der Waals surface area contributed by atoms with Crippen LogP contribution in [0.2, 0.25) is 0 Å². The first-order chi connectivity index (χ1) is 7.31. The highest BCUT2D eigenvalue weighted by Gasteiger charge is 2.03. The fourth-order valence-corrected chi connectivity index (χ4v) is 1.71. The van der Waals surface area contributed by atoms with E-state index in [0.717, 1.165) is 21.3 Å². The van der Waals surface area contributed by atoms with Crippen molar-refractivity contribution in [2.75, 3.05) is 7.11 Å². The lowest BCUT2D eigenvalue weighted by molar-refractivity contribution is 0.415. The molecule has 0 heterocycles. The van der Waals surface area contributed by atoms with Crippen molar-refractivity contribution in [3.63, 3.8) is 0 Å². The standard InChI is InChI=1S/C13H10BrO/c1-15-13-5-3-2-4-12(13)10-6-8-11(14)9-7-10/h2-4,6-9H,1H3. The molecule has 15 heavy (non-hydrogen) atoms. The van der Waals surface area contributed by atoms with Crippen molar-refractivity contribution >= 4 is 15.9 Å². The number of benzene rings is 2. The molecule has 2 heteroatoms. The van der Waals surface area contributed by atoms with Gasteiger partial charge >= 0.3 is 0 Å². The van der Waals surface area contributed by atoms with Crippen LogP contribution in [0.3, 0.4) is 0 Å². The number of hydrogen-bond donors (Lipinski definition) is 0. The third kappa shape index (κ3) is 2.21. The second-order valence-corrected chi connectivity index (χ2v) is 4.04. The van der Waals surface area contributed by atoms with Crippen LogP contribution in [0, 0.1) is 6.07 Å². The van der Waals surface area contributed by atoms with Crippen LogP contribution >= 0.6 is 15.9 Å². The van der Waals surface area contributed by atoms with E-state index < -0.39 is 0 Å². The normalized spacial score (nSPS) is 10.0. The summed E-state index contributed by atoms with van der Waals surface area (Å²) >= 11 is 3.41. The fourth-order valence-electron chi connectivity index (χ4n) is 1.45. The lowest BCUT2D eigenvalue weighted by atomic mass is 10.1. The highest BCUT2D eigenvalue weighted by Crippen LogP contribution is 2.29. The summed E-state index contributed by atoms with van der Waals surface area (Å²) in [6.45, 7) is 0. The maximum Gasteiger partial charge on any atom is 0.134 e. The maximum atomic E-state index is 5.26. The van der Waals surface area contributed by atoms with Gasteiger partial charge in [0.25, 0.3) is 0 Å². The minimum Gasteiger partial charge on any atom is -0.495 e. The number of ether oxygens (including phenoxy) is 1. The third-order valence-corrected chi connectivity index (χ3v) is 2.71. The molecule has 0 saturated heterocycles. The smallest absolute Gasteiger partial charge is 0.134 e. The second kappa shape index (κ2) is 4.49. The molecule has 0 aliphatic rings. The van der Waals surface area contributed by atoms with Gasteiger partial charge in [0.1, 0.15) is 5.75 Å². The Kier molecular flexibility index (Phi) is 3.07. The average molecular weight is 262 g/mol. The van der Waals surface area contributed by atoms with E-state index in [1.807, 2.05) is 30.3 Å². The van der Waals surface area contributed by atoms with E-state index in [4.69, 9.17) is 4.74 Å². The van der Waals surface area contributed by atoms with Crippen LogP contribution in [0.1, 0.15) is 0 Å². The van der Waals surface area contributed by atoms with Gasteiger partial charge in [-0.25, -0.2) is 0 Å². The van der Waals surface area contributed by atoms with E-state index in [9.17, 15) is 0 Å². The molecule has 0 aliphatic heterocycles. The first kappa shape index (κ1) is 10.2. The monoisotopic (exact) mass is 261 g/mol. The van der Waals surface area contributed by atoms with Crippen molar-refractivity contribution in [2.45, 2.75) is 0 Å². The van der Waals surface area contributed by atoms with Crippen molar-refractivity contribution < 1.29 is 4.74 Å². The molecule has 0 aliphatic carbocycles. The van der Waals surface area contributed by atoms with E-state index in [1.54, 1.807) is 7.11 Å². The summed E-state index contributed by atoms with van der Waals surface area (Å²) < 4.78 is 6.34. The predicted molar refractivity (Wildman–Crippen MR) is 65.0 cm³/mol. The first-order valence-electron chi connectivity index (χ1n) is 4.62. The van der Waals surface area contributed by atoms with Crippen molar-refractivity contribution in [3.05, 3.63) is 53.0 Å². The Bertz CT molecular complexity index is 448. The quantitative estimate of drug-likeness (QED) is 0.796. The van der Waals surface area contributed by atoms with Gasteiger partial charge in [-0.3, -0.25) is 0 Å². The lowest BCUT2D eigenvalue weighted by Crippen LogP contribution is -1.87. The highest BCUT2D eigenvalue weighted by atomic mass is 79.9. The SMILES string of the molecule is COc1[c]cccc1-c1ccc(Br)cc1. The van der Waals surface area contributed by atoms with Crippen LogP contribution in [-0.2, 0) is 0 Å². The molecule has 75 valence electrons. The van der Waals surface area contributed by atoms with E-state index in [2.05, 4.69) is 34.1 Å². The Balaban J connectivity index is 2.49. The van der Waals surface area contributed by atoms with E-state index in [0.29, 0.717) is 0 Å². The summed E-state index contributed by atoms with van der Waals surface area (Å²) in [5.41, 5.74) is 2.19. The Morgan fingerprint density at radius 3 is 2.53 bits per heavy atom. The predicted octanol–water partition coefficient (Wildman–Crippen LogP) is 3.92. The van der Waals surface area contributed by atoms with Gasteiger partial charge in [0.15, 0.2) is 0 Å². The molecule has 0 fully saturated rings. The van der Waals surface area contributed by atoms with Gasteiger partial charge in [0.05, 0.1) is 7.11 Å². The minimum absolute atomic E-state index is 0.778. The van der Waals surface area contributed by atoms with Crippen LogP contribution in [0.15, 0.2) is 46.9 Å². The van der Waals surface area contributed by atoms with E-state index >= 15 is 0 Å². The Morgan fingerprint density at radius 1 is 1.13 bits per heavy atom. The van der Waals surface area contributed by atoms with Gasteiger partial charge in [-0.2, -0.15) is 0 Å². The third-order valence-electron chi connectivity index (χ3n) is 2.18. The lowest BCUT2D eigenvalue weighted by Gasteiger charge is -2.07. The molecular weight excluding hydrogens is 252 g/mol. The molecule has 0 N–H and O–H groups in total. The number of hydrogen-bond acceptors (Lipinski definition) is 1. The highest BCUT2D eigenvalue weighted by molar-refractivity contribution is 9.10. The number of methoxy groups -OCH3 is 1. The minimum atomic E-state index is 0.778. The number of para-hydroxylation sites is 1. The molecule has 1 nitrogen and oxygen atoms in total. The summed E-state index contributed by atoms with van der Waals surface area (Å²) in [5, 5.41) is 0. The second-order valence-electron chi connectivity index (χ2n) is 3.12.